The van der Waals surface area contributed by atoms with Crippen molar-refractivity contribution in [1.82, 2.24) is 9.97 Å². The van der Waals surface area contributed by atoms with Gasteiger partial charge in [-0.2, -0.15) is 4.98 Å². The van der Waals surface area contributed by atoms with Gasteiger partial charge in [-0.25, -0.2) is 4.98 Å². The van der Waals surface area contributed by atoms with Crippen LogP contribution < -0.4 is 15.8 Å². The number of rotatable bonds is 5. The van der Waals surface area contributed by atoms with Gasteiger partial charge >= 0.3 is 0 Å². The van der Waals surface area contributed by atoms with Crippen molar-refractivity contribution in [3.8, 4) is 22.6 Å². The third-order valence-electron chi connectivity index (χ3n) is 4.97. The van der Waals surface area contributed by atoms with Crippen molar-refractivity contribution >= 4 is 44.3 Å². The van der Waals surface area contributed by atoms with Gasteiger partial charge in [0.25, 0.3) is 0 Å². The molecule has 0 atom stereocenters. The molecule has 0 radical (unpaired) electrons. The molecule has 5 rings (SSSR count). The first-order valence-electron chi connectivity index (χ1n) is 10.1. The van der Waals surface area contributed by atoms with E-state index in [1.165, 1.54) is 0 Å². The van der Waals surface area contributed by atoms with Gasteiger partial charge in [-0.3, -0.25) is 0 Å². The van der Waals surface area contributed by atoms with Crippen molar-refractivity contribution < 1.29 is 4.74 Å². The van der Waals surface area contributed by atoms with Crippen molar-refractivity contribution in [2.75, 3.05) is 11.1 Å². The Morgan fingerprint density at radius 1 is 0.719 bits per heavy atom. The number of fused-ring (bicyclic) bond motifs is 1. The predicted molar refractivity (Wildman–Crippen MR) is 133 cm³/mol. The molecule has 0 bridgehead atoms. The largest absolute Gasteiger partial charge is 0.457 e. The van der Waals surface area contributed by atoms with Gasteiger partial charge in [-0.05, 0) is 65.7 Å². The van der Waals surface area contributed by atoms with Crippen LogP contribution >= 0.6 is 15.9 Å². The highest BCUT2D eigenvalue weighted by molar-refractivity contribution is 9.10. The lowest BCUT2D eigenvalue weighted by molar-refractivity contribution is 0.483. The summed E-state index contributed by atoms with van der Waals surface area (Å²) in [5, 5.41) is 4.25. The number of anilines is 3. The van der Waals surface area contributed by atoms with Gasteiger partial charge in [0.2, 0.25) is 5.95 Å². The van der Waals surface area contributed by atoms with Crippen molar-refractivity contribution in [1.29, 1.82) is 0 Å². The van der Waals surface area contributed by atoms with Crippen LogP contribution in [0.25, 0.3) is 22.0 Å². The van der Waals surface area contributed by atoms with Crippen LogP contribution in [0.15, 0.2) is 102 Å². The average Bonchev–Trinajstić information content (AvgIpc) is 2.80. The highest BCUT2D eigenvalue weighted by Gasteiger charge is 2.09. The summed E-state index contributed by atoms with van der Waals surface area (Å²) < 4.78 is 6.88. The van der Waals surface area contributed by atoms with Crippen LogP contribution in [-0.4, -0.2) is 9.97 Å². The van der Waals surface area contributed by atoms with E-state index in [1.807, 2.05) is 91.0 Å². The van der Waals surface area contributed by atoms with Crippen LogP contribution in [0.4, 0.5) is 17.5 Å². The molecule has 5 aromatic rings. The summed E-state index contributed by atoms with van der Waals surface area (Å²) in [5.74, 6) is 2.49. The molecule has 6 heteroatoms. The minimum absolute atomic E-state index is 0.227. The molecule has 0 aliphatic rings. The molecule has 32 heavy (non-hydrogen) atoms. The Kier molecular flexibility index (Phi) is 5.44. The molecule has 0 unspecified atom stereocenters. The molecule has 0 saturated heterocycles. The maximum atomic E-state index is 5.95. The fourth-order valence-corrected chi connectivity index (χ4v) is 3.86. The van der Waals surface area contributed by atoms with Gasteiger partial charge in [0.1, 0.15) is 17.3 Å². The van der Waals surface area contributed by atoms with Gasteiger partial charge in [-0.1, -0.05) is 58.4 Å². The van der Waals surface area contributed by atoms with E-state index in [0.29, 0.717) is 5.82 Å². The third-order valence-corrected chi connectivity index (χ3v) is 5.46. The fourth-order valence-electron chi connectivity index (χ4n) is 3.46. The maximum absolute atomic E-state index is 5.95. The molecule has 1 aromatic heterocycles. The topological polar surface area (TPSA) is 73.1 Å². The zero-order valence-corrected chi connectivity index (χ0v) is 18.6. The van der Waals surface area contributed by atoms with Gasteiger partial charge in [0.05, 0.1) is 5.52 Å². The van der Waals surface area contributed by atoms with E-state index in [4.69, 9.17) is 10.5 Å². The Bertz CT molecular complexity index is 1390. The van der Waals surface area contributed by atoms with Crippen molar-refractivity contribution in [3.63, 3.8) is 0 Å². The highest BCUT2D eigenvalue weighted by atomic mass is 79.9. The molecule has 156 valence electrons. The molecule has 0 aliphatic carbocycles. The molecule has 5 nitrogen and oxygen atoms in total. The number of benzene rings is 4. The number of ether oxygens (including phenoxy) is 1. The van der Waals surface area contributed by atoms with E-state index in [9.17, 15) is 0 Å². The van der Waals surface area contributed by atoms with E-state index in [2.05, 4.69) is 37.3 Å². The molecule has 1 heterocycles. The summed E-state index contributed by atoms with van der Waals surface area (Å²) in [5.41, 5.74) is 9.76. The second kappa shape index (κ2) is 8.69. The van der Waals surface area contributed by atoms with Gasteiger partial charge < -0.3 is 15.8 Å². The molecule has 0 saturated carbocycles. The lowest BCUT2D eigenvalue weighted by Gasteiger charge is -2.12. The monoisotopic (exact) mass is 482 g/mol. The summed E-state index contributed by atoms with van der Waals surface area (Å²) in [7, 11) is 0. The standard InChI is InChI=1S/C26H19BrN4O/c27-19-5-4-6-20(16-19)29-25-23-15-18(11-14-24(23)30-26(28)31-25)17-9-12-22(13-10-17)32-21-7-2-1-3-8-21/h1-16H,(H3,28,29,30,31). The summed E-state index contributed by atoms with van der Waals surface area (Å²) in [6, 6.07) is 31.7. The van der Waals surface area contributed by atoms with Crippen LogP contribution in [0, 0.1) is 0 Å². The number of hydrogen-bond acceptors (Lipinski definition) is 5. The number of nitrogens with one attached hydrogen (secondary N) is 1. The minimum Gasteiger partial charge on any atom is -0.457 e. The molecule has 3 N–H and O–H groups in total. The van der Waals surface area contributed by atoms with Gasteiger partial charge in [0, 0.05) is 15.5 Å². The molecular formula is C26H19BrN4O. The Morgan fingerprint density at radius 3 is 2.25 bits per heavy atom. The van der Waals surface area contributed by atoms with Crippen molar-refractivity contribution in [3.05, 3.63) is 102 Å². The Balaban J connectivity index is 1.48. The van der Waals surface area contributed by atoms with E-state index < -0.39 is 0 Å². The van der Waals surface area contributed by atoms with E-state index >= 15 is 0 Å². The highest BCUT2D eigenvalue weighted by Crippen LogP contribution is 2.31. The molecular weight excluding hydrogens is 464 g/mol. The summed E-state index contributed by atoms with van der Waals surface area (Å²) in [4.78, 5) is 8.83. The second-order valence-corrected chi connectivity index (χ2v) is 8.15. The number of aromatic nitrogens is 2. The average molecular weight is 483 g/mol. The number of para-hydroxylation sites is 1. The number of nitrogens with two attached hydrogens (primary N) is 1. The SMILES string of the molecule is Nc1nc(Nc2cccc(Br)c2)c2cc(-c3ccc(Oc4ccccc4)cc3)ccc2n1. The van der Waals surface area contributed by atoms with Gasteiger partial charge in [-0.15, -0.1) is 0 Å². The van der Waals surface area contributed by atoms with Crippen LogP contribution in [0.1, 0.15) is 0 Å². The summed E-state index contributed by atoms with van der Waals surface area (Å²) >= 11 is 3.50. The fraction of sp³-hybridized carbons (Fsp3) is 0. The van der Waals surface area contributed by atoms with Crippen LogP contribution in [0.5, 0.6) is 11.5 Å². The zero-order chi connectivity index (χ0) is 21.9. The number of halogens is 1. The second-order valence-electron chi connectivity index (χ2n) is 7.24. The zero-order valence-electron chi connectivity index (χ0n) is 17.0. The summed E-state index contributed by atoms with van der Waals surface area (Å²) in [6.07, 6.45) is 0. The first-order chi connectivity index (χ1) is 15.6. The lowest BCUT2D eigenvalue weighted by atomic mass is 10.0. The molecule has 4 aromatic carbocycles. The van der Waals surface area contributed by atoms with Crippen LogP contribution in [0.3, 0.4) is 0 Å². The quantitative estimate of drug-likeness (QED) is 0.277. The van der Waals surface area contributed by atoms with Crippen molar-refractivity contribution in [2.45, 2.75) is 0 Å². The number of nitrogens with zero attached hydrogens (tertiary/aromatic N) is 2. The van der Waals surface area contributed by atoms with E-state index in [1.54, 1.807) is 0 Å². The van der Waals surface area contributed by atoms with Crippen LogP contribution in [0.2, 0.25) is 0 Å². The van der Waals surface area contributed by atoms with Crippen molar-refractivity contribution in [2.24, 2.45) is 0 Å². The predicted octanol–water partition coefficient (Wildman–Crippen LogP) is 7.18. The molecule has 0 aliphatic heterocycles. The smallest absolute Gasteiger partial charge is 0.222 e. The maximum Gasteiger partial charge on any atom is 0.222 e. The molecule has 0 amide bonds. The summed E-state index contributed by atoms with van der Waals surface area (Å²) in [6.45, 7) is 0. The Labute approximate surface area is 194 Å². The van der Waals surface area contributed by atoms with Crippen LogP contribution in [-0.2, 0) is 0 Å². The third kappa shape index (κ3) is 4.40. The molecule has 0 spiro atoms. The normalized spacial score (nSPS) is 10.8. The lowest BCUT2D eigenvalue weighted by Crippen LogP contribution is -2.01. The number of hydrogen-bond donors (Lipinski definition) is 2. The minimum atomic E-state index is 0.227. The Morgan fingerprint density at radius 2 is 1.47 bits per heavy atom. The van der Waals surface area contributed by atoms with E-state index in [0.717, 1.165) is 43.7 Å². The Hall–Kier alpha value is -3.90. The first-order valence-corrected chi connectivity index (χ1v) is 10.9. The molecule has 0 fully saturated rings. The van der Waals surface area contributed by atoms with E-state index in [-0.39, 0.29) is 5.95 Å². The van der Waals surface area contributed by atoms with Gasteiger partial charge in [0.15, 0.2) is 0 Å². The first kappa shape index (κ1) is 20.0. The number of nitrogen functional groups attached to an aromatic ring is 1.